The van der Waals surface area contributed by atoms with Gasteiger partial charge in [0, 0.05) is 59.9 Å². The number of hydrogen-bond acceptors (Lipinski definition) is 7. The van der Waals surface area contributed by atoms with Gasteiger partial charge in [0.1, 0.15) is 40.3 Å². The van der Waals surface area contributed by atoms with E-state index < -0.39 is 39.4 Å². The van der Waals surface area contributed by atoms with E-state index in [0.717, 1.165) is 6.07 Å². The maximum Gasteiger partial charge on any atom is 0.191 e. The molecule has 2 heterocycles. The molecule has 0 fully saturated rings. The molecule has 33 heavy (non-hydrogen) atoms. The predicted molar refractivity (Wildman–Crippen MR) is 121 cm³/mol. The van der Waals surface area contributed by atoms with E-state index in [1.54, 1.807) is 41.5 Å². The number of oxazole rings is 1. The number of aryl methyl sites for hydroxylation is 2. The summed E-state index contributed by atoms with van der Waals surface area (Å²) in [6.45, 7) is 10.2. The molecule has 178 valence electrons. The third-order valence-corrected chi connectivity index (χ3v) is 7.00. The van der Waals surface area contributed by atoms with Gasteiger partial charge in [-0.3, -0.25) is 0 Å². The summed E-state index contributed by atoms with van der Waals surface area (Å²) in [5.41, 5.74) is -0.568. The highest BCUT2D eigenvalue weighted by atomic mass is 32.2. The van der Waals surface area contributed by atoms with Crippen LogP contribution in [-0.2, 0) is 16.9 Å². The fraction of sp³-hybridized carbons (Fsp3) is 0.435. The van der Waals surface area contributed by atoms with Crippen LogP contribution < -0.4 is 4.72 Å². The van der Waals surface area contributed by atoms with Gasteiger partial charge in [0.05, 0.1) is 5.54 Å². The minimum Gasteiger partial charge on any atom is -0.598 e. The lowest BCUT2D eigenvalue weighted by molar-refractivity contribution is 0.125. The Morgan fingerprint density at radius 1 is 1.12 bits per heavy atom. The van der Waals surface area contributed by atoms with Crippen LogP contribution in [0.2, 0.25) is 0 Å². The highest BCUT2D eigenvalue weighted by Gasteiger charge is 2.41. The molecule has 2 N–H and O–H groups in total. The molecule has 3 rings (SSSR count). The molecular formula is C23H28F2N4O3S. The molecule has 0 spiro atoms. The van der Waals surface area contributed by atoms with Crippen LogP contribution in [0.4, 0.5) is 8.78 Å². The van der Waals surface area contributed by atoms with Crippen LogP contribution in [0, 0.1) is 25.5 Å². The Balaban J connectivity index is 2.12. The second-order valence-corrected chi connectivity index (χ2v) is 11.1. The third-order valence-electron chi connectivity index (χ3n) is 5.25. The number of nitrogens with one attached hydrogen (secondary N) is 1. The summed E-state index contributed by atoms with van der Waals surface area (Å²) in [7, 11) is 0. The smallest absolute Gasteiger partial charge is 0.191 e. The van der Waals surface area contributed by atoms with Crippen molar-refractivity contribution in [3.8, 4) is 11.1 Å². The molecule has 1 unspecified atom stereocenters. The average Bonchev–Trinajstić information content (AvgIpc) is 3.06. The number of hydrogen-bond donors (Lipinski definition) is 2. The van der Waals surface area contributed by atoms with Crippen LogP contribution in [0.25, 0.3) is 11.1 Å². The number of aliphatic hydroxyl groups excluding tert-OH is 1. The summed E-state index contributed by atoms with van der Waals surface area (Å²) in [5, 5.41) is 11.0. The van der Waals surface area contributed by atoms with Gasteiger partial charge in [-0.2, -0.15) is 0 Å². The third kappa shape index (κ3) is 5.57. The van der Waals surface area contributed by atoms with Crippen molar-refractivity contribution in [2.45, 2.75) is 64.4 Å². The first-order chi connectivity index (χ1) is 15.3. The van der Waals surface area contributed by atoms with Crippen molar-refractivity contribution in [2.75, 3.05) is 0 Å². The van der Waals surface area contributed by atoms with Gasteiger partial charge in [0.25, 0.3) is 0 Å². The average molecular weight is 479 g/mol. The summed E-state index contributed by atoms with van der Waals surface area (Å²) in [5.74, 6) is -0.807. The maximum absolute atomic E-state index is 15.2. The molecule has 0 aliphatic rings. The van der Waals surface area contributed by atoms with Crippen LogP contribution >= 0.6 is 0 Å². The molecule has 0 saturated carbocycles. The summed E-state index contributed by atoms with van der Waals surface area (Å²) >= 11 is -1.63. The van der Waals surface area contributed by atoms with E-state index in [1.165, 1.54) is 24.8 Å². The number of halogens is 2. The minimum atomic E-state index is -1.63. The Labute approximate surface area is 195 Å². The van der Waals surface area contributed by atoms with Crippen molar-refractivity contribution in [2.24, 2.45) is 0 Å². The first-order valence-electron chi connectivity index (χ1n) is 10.4. The van der Waals surface area contributed by atoms with Gasteiger partial charge >= 0.3 is 0 Å². The van der Waals surface area contributed by atoms with Gasteiger partial charge in [0.15, 0.2) is 5.89 Å². The van der Waals surface area contributed by atoms with E-state index in [2.05, 4.69) is 19.7 Å². The fourth-order valence-electron chi connectivity index (χ4n) is 3.53. The molecule has 0 saturated heterocycles. The Hall–Kier alpha value is -2.40. The molecule has 3 atom stereocenters. The minimum absolute atomic E-state index is 0.0391. The number of aromatic nitrogens is 3. The molecule has 0 amide bonds. The lowest BCUT2D eigenvalue weighted by Gasteiger charge is -2.36. The van der Waals surface area contributed by atoms with Gasteiger partial charge in [-0.05, 0) is 40.7 Å². The standard InChI is InChI=1S/C23H28F2N4O3S/c1-13-21(28-14(2)32-13)20(30)9-23(6,29-33(31)22(3,4)5)17-7-16(18(24)8-19(17)25)15-10-26-12-27-11-15/h7-8,10-12,20,29-30H,9H2,1-6H3/t20-,23+,33?/m1/s1. The van der Waals surface area contributed by atoms with Gasteiger partial charge in [-0.15, -0.1) is 4.72 Å². The zero-order valence-corrected chi connectivity index (χ0v) is 20.3. The summed E-state index contributed by atoms with van der Waals surface area (Å²) in [6.07, 6.45) is 2.88. The fourth-order valence-corrected chi connectivity index (χ4v) is 4.44. The normalized spacial score (nSPS) is 15.8. The van der Waals surface area contributed by atoms with E-state index in [4.69, 9.17) is 4.42 Å². The van der Waals surface area contributed by atoms with Crippen molar-refractivity contribution in [1.82, 2.24) is 19.7 Å². The molecule has 3 aromatic rings. The van der Waals surface area contributed by atoms with Crippen molar-refractivity contribution in [3.63, 3.8) is 0 Å². The summed E-state index contributed by atoms with van der Waals surface area (Å²) in [6, 6.07) is 2.11. The van der Waals surface area contributed by atoms with Crippen LogP contribution in [0.1, 0.15) is 63.1 Å². The highest BCUT2D eigenvalue weighted by Crippen LogP contribution is 2.38. The first-order valence-corrected chi connectivity index (χ1v) is 11.5. The van der Waals surface area contributed by atoms with E-state index in [0.29, 0.717) is 22.9 Å². The number of aliphatic hydroxyl groups is 1. The Bertz CT molecular complexity index is 1120. The van der Waals surface area contributed by atoms with E-state index in [1.807, 2.05) is 0 Å². The lowest BCUT2D eigenvalue weighted by Crippen LogP contribution is -2.51. The second-order valence-electron chi connectivity index (χ2n) is 9.15. The monoisotopic (exact) mass is 478 g/mol. The van der Waals surface area contributed by atoms with Crippen LogP contribution in [-0.4, -0.2) is 29.4 Å². The number of benzene rings is 1. The second kappa shape index (κ2) is 9.46. The van der Waals surface area contributed by atoms with Gasteiger partial charge in [-0.1, -0.05) is 0 Å². The largest absolute Gasteiger partial charge is 0.598 e. The molecule has 2 aromatic heterocycles. The molecular weight excluding hydrogens is 450 g/mol. The Kier molecular flexibility index (Phi) is 7.23. The molecule has 10 heteroatoms. The Morgan fingerprint density at radius 2 is 1.76 bits per heavy atom. The summed E-state index contributed by atoms with van der Waals surface area (Å²) in [4.78, 5) is 12.0. The quantitative estimate of drug-likeness (QED) is 0.484. The number of rotatable bonds is 7. The maximum atomic E-state index is 15.2. The van der Waals surface area contributed by atoms with Gasteiger partial charge in [-0.25, -0.2) is 23.7 Å². The molecule has 7 nitrogen and oxygen atoms in total. The van der Waals surface area contributed by atoms with Crippen molar-refractivity contribution in [1.29, 1.82) is 0 Å². The molecule has 0 bridgehead atoms. The van der Waals surface area contributed by atoms with Crippen molar-refractivity contribution < 1.29 is 22.9 Å². The lowest BCUT2D eigenvalue weighted by atomic mass is 9.84. The van der Waals surface area contributed by atoms with Crippen LogP contribution in [0.3, 0.4) is 0 Å². The van der Waals surface area contributed by atoms with E-state index in [-0.39, 0.29) is 17.5 Å². The van der Waals surface area contributed by atoms with Gasteiger partial charge in [0.2, 0.25) is 0 Å². The molecule has 1 aromatic carbocycles. The number of nitrogens with zero attached hydrogens (tertiary/aromatic N) is 3. The SMILES string of the molecule is Cc1nc([C@H](O)C[C@](C)(N[S+]([O-])C(C)(C)C)c2cc(-c3cncnc3)c(F)cc2F)c(C)o1. The predicted octanol–water partition coefficient (Wildman–Crippen LogP) is 4.42. The topological polar surface area (TPSA) is 107 Å². The highest BCUT2D eigenvalue weighted by molar-refractivity contribution is 7.90. The summed E-state index contributed by atoms with van der Waals surface area (Å²) < 4.78 is 50.6. The molecule has 0 aliphatic carbocycles. The van der Waals surface area contributed by atoms with Crippen LogP contribution in [0.15, 0.2) is 35.3 Å². The van der Waals surface area contributed by atoms with Crippen molar-refractivity contribution >= 4 is 11.4 Å². The first kappa shape index (κ1) is 25.2. The van der Waals surface area contributed by atoms with Gasteiger partial charge < -0.3 is 14.1 Å². The Morgan fingerprint density at radius 3 is 2.30 bits per heavy atom. The molecule has 0 radical (unpaired) electrons. The van der Waals surface area contributed by atoms with Crippen LogP contribution in [0.5, 0.6) is 0 Å². The molecule has 0 aliphatic heterocycles. The van der Waals surface area contributed by atoms with E-state index >= 15 is 4.39 Å². The van der Waals surface area contributed by atoms with Crippen molar-refractivity contribution in [3.05, 3.63) is 65.4 Å². The zero-order chi connectivity index (χ0) is 24.6. The van der Waals surface area contributed by atoms with E-state index in [9.17, 15) is 14.0 Å². The zero-order valence-electron chi connectivity index (χ0n) is 19.4.